The molecule has 2 saturated heterocycles. The third-order valence-corrected chi connectivity index (χ3v) is 5.38. The summed E-state index contributed by atoms with van der Waals surface area (Å²) in [6.45, 7) is 11.7. The summed E-state index contributed by atoms with van der Waals surface area (Å²) in [6.07, 6.45) is 10.3. The van der Waals surface area contributed by atoms with Crippen LogP contribution in [0, 0.1) is 5.41 Å². The molecule has 26 heavy (non-hydrogen) atoms. The van der Waals surface area contributed by atoms with Gasteiger partial charge in [0, 0.05) is 33.3 Å². The van der Waals surface area contributed by atoms with E-state index < -0.39 is 0 Å². The Labute approximate surface area is 160 Å². The number of nitrogens with zero attached hydrogens (tertiary/aromatic N) is 2. The zero-order valence-electron chi connectivity index (χ0n) is 17.6. The summed E-state index contributed by atoms with van der Waals surface area (Å²) in [6, 6.07) is 0. The number of hydrogen-bond donors (Lipinski definition) is 1. The Bertz CT molecular complexity index is 406. The minimum absolute atomic E-state index is 0.323. The van der Waals surface area contributed by atoms with E-state index in [0.29, 0.717) is 17.6 Å². The summed E-state index contributed by atoms with van der Waals surface area (Å²) >= 11 is 0. The molecule has 2 fully saturated rings. The Hall–Kier alpha value is -0.810. The van der Waals surface area contributed by atoms with Crippen LogP contribution in [0.15, 0.2) is 4.99 Å². The highest BCUT2D eigenvalue weighted by Gasteiger charge is 2.23. The van der Waals surface area contributed by atoms with Crippen molar-refractivity contribution in [2.24, 2.45) is 10.4 Å². The van der Waals surface area contributed by atoms with E-state index in [1.165, 1.54) is 32.1 Å². The van der Waals surface area contributed by atoms with Gasteiger partial charge in [-0.2, -0.15) is 0 Å². The number of ether oxygens (including phenoxy) is 2. The summed E-state index contributed by atoms with van der Waals surface area (Å²) in [7, 11) is 1.89. The van der Waals surface area contributed by atoms with Crippen molar-refractivity contribution in [3.8, 4) is 0 Å². The second-order valence-electron chi connectivity index (χ2n) is 9.00. The minimum Gasteiger partial charge on any atom is -0.376 e. The van der Waals surface area contributed by atoms with Crippen molar-refractivity contribution >= 4 is 5.96 Å². The van der Waals surface area contributed by atoms with E-state index in [0.717, 1.165) is 58.1 Å². The van der Waals surface area contributed by atoms with Crippen LogP contribution in [0.3, 0.4) is 0 Å². The standard InChI is InChI=1S/C21H41N3O2/c1-21(2,3)12-6-7-13-23-20(22-4)24-14-10-18(11-15-24)26-17-19-9-5-8-16-25-19/h18-19H,5-17H2,1-4H3,(H,22,23). The van der Waals surface area contributed by atoms with Crippen molar-refractivity contribution in [1.82, 2.24) is 10.2 Å². The van der Waals surface area contributed by atoms with Crippen LogP contribution in [0.1, 0.15) is 72.1 Å². The molecule has 0 aliphatic carbocycles. The number of piperidine rings is 1. The van der Waals surface area contributed by atoms with E-state index in [4.69, 9.17) is 9.47 Å². The first-order chi connectivity index (χ1) is 12.5. The highest BCUT2D eigenvalue weighted by molar-refractivity contribution is 5.79. The van der Waals surface area contributed by atoms with Crippen LogP contribution in [0.5, 0.6) is 0 Å². The molecular formula is C21H41N3O2. The van der Waals surface area contributed by atoms with Gasteiger partial charge in [0.2, 0.25) is 0 Å². The lowest BCUT2D eigenvalue weighted by atomic mass is 9.90. The highest BCUT2D eigenvalue weighted by Crippen LogP contribution is 2.21. The summed E-state index contributed by atoms with van der Waals surface area (Å²) in [5.74, 6) is 1.05. The third-order valence-electron chi connectivity index (χ3n) is 5.38. The van der Waals surface area contributed by atoms with Crippen LogP contribution in [0.25, 0.3) is 0 Å². The maximum absolute atomic E-state index is 6.12. The number of unbranched alkanes of at least 4 members (excludes halogenated alkanes) is 1. The summed E-state index contributed by atoms with van der Waals surface area (Å²) < 4.78 is 11.9. The lowest BCUT2D eigenvalue weighted by Crippen LogP contribution is -2.47. The van der Waals surface area contributed by atoms with Gasteiger partial charge in [-0.05, 0) is 50.4 Å². The molecule has 5 heteroatoms. The average molecular weight is 368 g/mol. The van der Waals surface area contributed by atoms with Gasteiger partial charge < -0.3 is 19.7 Å². The number of nitrogens with one attached hydrogen (secondary N) is 1. The Morgan fingerprint density at radius 1 is 1.15 bits per heavy atom. The van der Waals surface area contributed by atoms with Gasteiger partial charge in [0.05, 0.1) is 18.8 Å². The molecule has 1 atom stereocenters. The van der Waals surface area contributed by atoms with E-state index in [9.17, 15) is 0 Å². The van der Waals surface area contributed by atoms with Crippen molar-refractivity contribution in [2.75, 3.05) is 39.9 Å². The van der Waals surface area contributed by atoms with Crippen molar-refractivity contribution in [3.63, 3.8) is 0 Å². The summed E-state index contributed by atoms with van der Waals surface area (Å²) in [5, 5.41) is 3.54. The monoisotopic (exact) mass is 367 g/mol. The quantitative estimate of drug-likeness (QED) is 0.422. The molecule has 2 heterocycles. The average Bonchev–Trinajstić information content (AvgIpc) is 2.63. The zero-order valence-corrected chi connectivity index (χ0v) is 17.6. The van der Waals surface area contributed by atoms with Crippen molar-refractivity contribution in [3.05, 3.63) is 0 Å². The Balaban J connectivity index is 1.59. The molecule has 0 radical (unpaired) electrons. The van der Waals surface area contributed by atoms with Gasteiger partial charge >= 0.3 is 0 Å². The Morgan fingerprint density at radius 2 is 1.92 bits per heavy atom. The fourth-order valence-corrected chi connectivity index (χ4v) is 3.73. The van der Waals surface area contributed by atoms with E-state index in [1.54, 1.807) is 0 Å². The molecular weight excluding hydrogens is 326 g/mol. The highest BCUT2D eigenvalue weighted by atomic mass is 16.5. The van der Waals surface area contributed by atoms with Gasteiger partial charge in [0.15, 0.2) is 5.96 Å². The largest absolute Gasteiger partial charge is 0.376 e. The van der Waals surface area contributed by atoms with Crippen molar-refractivity contribution in [1.29, 1.82) is 0 Å². The number of rotatable bonds is 7. The Kier molecular flexibility index (Phi) is 9.20. The summed E-state index contributed by atoms with van der Waals surface area (Å²) in [4.78, 5) is 6.85. The molecule has 0 amide bonds. The number of likely N-dealkylation sites (tertiary alicyclic amines) is 1. The van der Waals surface area contributed by atoms with Crippen LogP contribution in [0.2, 0.25) is 0 Å². The summed E-state index contributed by atoms with van der Waals surface area (Å²) in [5.41, 5.74) is 0.437. The predicted octanol–water partition coefficient (Wildman–Crippen LogP) is 3.83. The maximum Gasteiger partial charge on any atom is 0.193 e. The smallest absolute Gasteiger partial charge is 0.193 e. The van der Waals surface area contributed by atoms with Crippen LogP contribution >= 0.6 is 0 Å². The van der Waals surface area contributed by atoms with Gasteiger partial charge in [0.25, 0.3) is 0 Å². The van der Waals surface area contributed by atoms with Crippen molar-refractivity contribution in [2.45, 2.75) is 84.3 Å². The number of hydrogen-bond acceptors (Lipinski definition) is 3. The number of guanidine groups is 1. The van der Waals surface area contributed by atoms with E-state index in [-0.39, 0.29) is 0 Å². The van der Waals surface area contributed by atoms with Gasteiger partial charge in [-0.1, -0.05) is 27.2 Å². The second kappa shape index (κ2) is 11.1. The number of aliphatic imine (C=N–C) groups is 1. The van der Waals surface area contributed by atoms with Gasteiger partial charge in [-0.25, -0.2) is 0 Å². The molecule has 0 aromatic heterocycles. The molecule has 2 aliphatic rings. The van der Waals surface area contributed by atoms with Crippen molar-refractivity contribution < 1.29 is 9.47 Å². The topological polar surface area (TPSA) is 46.1 Å². The molecule has 0 bridgehead atoms. The molecule has 152 valence electrons. The first-order valence-electron chi connectivity index (χ1n) is 10.7. The minimum atomic E-state index is 0.323. The predicted molar refractivity (Wildman–Crippen MR) is 109 cm³/mol. The van der Waals surface area contributed by atoms with E-state index >= 15 is 0 Å². The normalized spacial score (nSPS) is 23.3. The molecule has 0 aromatic rings. The molecule has 0 spiro atoms. The van der Waals surface area contributed by atoms with Gasteiger partial charge in [-0.3, -0.25) is 4.99 Å². The molecule has 1 unspecified atom stereocenters. The van der Waals surface area contributed by atoms with Crippen LogP contribution in [-0.2, 0) is 9.47 Å². The molecule has 5 nitrogen and oxygen atoms in total. The maximum atomic E-state index is 6.12. The first kappa shape index (κ1) is 21.5. The van der Waals surface area contributed by atoms with Crippen LogP contribution in [-0.4, -0.2) is 63.0 Å². The van der Waals surface area contributed by atoms with Gasteiger partial charge in [0.1, 0.15) is 0 Å². The first-order valence-corrected chi connectivity index (χ1v) is 10.7. The SMILES string of the molecule is CN=C(NCCCCC(C)(C)C)N1CCC(OCC2CCCCO2)CC1. The van der Waals surface area contributed by atoms with E-state index in [1.807, 2.05) is 7.05 Å². The molecule has 2 rings (SSSR count). The zero-order chi connectivity index (χ0) is 18.8. The van der Waals surface area contributed by atoms with E-state index in [2.05, 4.69) is 36.0 Å². The van der Waals surface area contributed by atoms with Gasteiger partial charge in [-0.15, -0.1) is 0 Å². The molecule has 0 saturated carbocycles. The second-order valence-corrected chi connectivity index (χ2v) is 9.00. The molecule has 0 aromatic carbocycles. The van der Waals surface area contributed by atoms with Crippen LogP contribution in [0.4, 0.5) is 0 Å². The molecule has 2 aliphatic heterocycles. The fourth-order valence-electron chi connectivity index (χ4n) is 3.73. The Morgan fingerprint density at radius 3 is 2.54 bits per heavy atom. The molecule has 1 N–H and O–H groups in total. The third kappa shape index (κ3) is 8.26. The lowest BCUT2D eigenvalue weighted by Gasteiger charge is -2.35. The van der Waals surface area contributed by atoms with Crippen LogP contribution < -0.4 is 5.32 Å². The fraction of sp³-hybridized carbons (Fsp3) is 0.952. The lowest BCUT2D eigenvalue weighted by molar-refractivity contribution is -0.0721.